The lowest BCUT2D eigenvalue weighted by atomic mass is 10.1. The zero-order valence-electron chi connectivity index (χ0n) is 10.4. The second kappa shape index (κ2) is 7.49. The van der Waals surface area contributed by atoms with Gasteiger partial charge in [-0.2, -0.15) is 11.8 Å². The Morgan fingerprint density at radius 3 is 2.53 bits per heavy atom. The smallest absolute Gasteiger partial charge is 0.147 e. The number of halogens is 1. The van der Waals surface area contributed by atoms with Gasteiger partial charge in [-0.05, 0) is 35.8 Å². The molecule has 0 fully saturated rings. The zero-order valence-corrected chi connectivity index (χ0v) is 11.2. The Labute approximate surface area is 107 Å². The van der Waals surface area contributed by atoms with Crippen molar-refractivity contribution in [2.24, 2.45) is 5.92 Å². The highest BCUT2D eigenvalue weighted by Crippen LogP contribution is 2.10. The van der Waals surface area contributed by atoms with Crippen molar-refractivity contribution >= 4 is 17.5 Å². The summed E-state index contributed by atoms with van der Waals surface area (Å²) >= 11 is 1.69. The van der Waals surface area contributed by atoms with Crippen LogP contribution >= 0.6 is 11.8 Å². The molecule has 0 saturated carbocycles. The van der Waals surface area contributed by atoms with Gasteiger partial charge in [-0.15, -0.1) is 0 Å². The average Bonchev–Trinajstić information content (AvgIpc) is 2.27. The van der Waals surface area contributed by atoms with E-state index in [4.69, 9.17) is 0 Å². The molecule has 0 N–H and O–H groups in total. The van der Waals surface area contributed by atoms with Crippen LogP contribution in [0.3, 0.4) is 0 Å². The fourth-order valence-corrected chi connectivity index (χ4v) is 2.50. The van der Waals surface area contributed by atoms with Gasteiger partial charge in [-0.1, -0.05) is 26.0 Å². The van der Waals surface area contributed by atoms with Crippen molar-refractivity contribution in [3.63, 3.8) is 0 Å². The van der Waals surface area contributed by atoms with Crippen LogP contribution in [0.25, 0.3) is 0 Å². The number of ketones is 1. The maximum absolute atomic E-state index is 12.7. The molecule has 1 rings (SSSR count). The van der Waals surface area contributed by atoms with Crippen molar-refractivity contribution in [2.45, 2.75) is 26.7 Å². The molecular weight excluding hydrogens is 235 g/mol. The summed E-state index contributed by atoms with van der Waals surface area (Å²) in [6, 6.07) is 6.14. The van der Waals surface area contributed by atoms with Gasteiger partial charge in [0, 0.05) is 6.42 Å². The van der Waals surface area contributed by atoms with Gasteiger partial charge in [-0.3, -0.25) is 4.79 Å². The summed E-state index contributed by atoms with van der Waals surface area (Å²) in [4.78, 5) is 11.6. The maximum atomic E-state index is 12.7. The number of rotatable bonds is 7. The highest BCUT2D eigenvalue weighted by Gasteiger charge is 2.04. The third kappa shape index (κ3) is 6.47. The minimum atomic E-state index is -0.257. The van der Waals surface area contributed by atoms with Gasteiger partial charge in [0.1, 0.15) is 11.6 Å². The standard InChI is InChI=1S/C14H19FOS/c1-11(2)7-8-17-10-14(16)9-12-3-5-13(15)6-4-12/h3-6,11H,7-10H2,1-2H3. The molecule has 0 aliphatic heterocycles. The van der Waals surface area contributed by atoms with E-state index in [1.165, 1.54) is 12.1 Å². The molecule has 1 nitrogen and oxygen atoms in total. The molecule has 0 bridgehead atoms. The van der Waals surface area contributed by atoms with Gasteiger partial charge in [0.05, 0.1) is 5.75 Å². The van der Waals surface area contributed by atoms with Gasteiger partial charge in [0.2, 0.25) is 0 Å². The normalized spacial score (nSPS) is 10.8. The molecule has 0 radical (unpaired) electrons. The first kappa shape index (κ1) is 14.2. The fraction of sp³-hybridized carbons (Fsp3) is 0.500. The molecule has 0 heterocycles. The maximum Gasteiger partial charge on any atom is 0.147 e. The number of hydrogen-bond donors (Lipinski definition) is 0. The number of Topliss-reactive ketones (excluding diaryl/α,β-unsaturated/α-hetero) is 1. The summed E-state index contributed by atoms with van der Waals surface area (Å²) in [6.45, 7) is 4.36. The van der Waals surface area contributed by atoms with Gasteiger partial charge < -0.3 is 0 Å². The van der Waals surface area contributed by atoms with Crippen LogP contribution in [0.2, 0.25) is 0 Å². The van der Waals surface area contributed by atoms with Crippen LogP contribution in [0.5, 0.6) is 0 Å². The van der Waals surface area contributed by atoms with Gasteiger partial charge in [0.25, 0.3) is 0 Å². The predicted molar refractivity (Wildman–Crippen MR) is 71.9 cm³/mol. The van der Waals surface area contributed by atoms with Crippen molar-refractivity contribution < 1.29 is 9.18 Å². The molecule has 0 spiro atoms. The van der Waals surface area contributed by atoms with E-state index in [1.807, 2.05) is 0 Å². The van der Waals surface area contributed by atoms with Gasteiger partial charge >= 0.3 is 0 Å². The topological polar surface area (TPSA) is 17.1 Å². The van der Waals surface area contributed by atoms with Crippen LogP contribution in [0.1, 0.15) is 25.8 Å². The first-order valence-corrected chi connectivity index (χ1v) is 7.07. The molecule has 17 heavy (non-hydrogen) atoms. The molecule has 3 heteroatoms. The quantitative estimate of drug-likeness (QED) is 0.690. The summed E-state index contributed by atoms with van der Waals surface area (Å²) in [5.74, 6) is 2.24. The van der Waals surface area contributed by atoms with Crippen molar-refractivity contribution in [2.75, 3.05) is 11.5 Å². The SMILES string of the molecule is CC(C)CCSCC(=O)Cc1ccc(F)cc1. The van der Waals surface area contributed by atoms with Crippen molar-refractivity contribution in [3.8, 4) is 0 Å². The Morgan fingerprint density at radius 2 is 1.94 bits per heavy atom. The fourth-order valence-electron chi connectivity index (χ4n) is 1.39. The Hall–Kier alpha value is -0.830. The summed E-state index contributed by atoms with van der Waals surface area (Å²) in [6.07, 6.45) is 1.56. The summed E-state index contributed by atoms with van der Waals surface area (Å²) < 4.78 is 12.7. The Kier molecular flexibility index (Phi) is 6.27. The monoisotopic (exact) mass is 254 g/mol. The van der Waals surface area contributed by atoms with Gasteiger partial charge in [-0.25, -0.2) is 4.39 Å². The Morgan fingerprint density at radius 1 is 1.29 bits per heavy atom. The highest BCUT2D eigenvalue weighted by molar-refractivity contribution is 7.99. The van der Waals surface area contributed by atoms with Crippen LogP contribution in [-0.2, 0) is 11.2 Å². The Bertz CT molecular complexity index is 346. The molecule has 1 aromatic carbocycles. The van der Waals surface area contributed by atoms with E-state index in [0.29, 0.717) is 18.1 Å². The van der Waals surface area contributed by atoms with Crippen molar-refractivity contribution in [1.82, 2.24) is 0 Å². The van der Waals surface area contributed by atoms with E-state index in [0.717, 1.165) is 17.7 Å². The summed E-state index contributed by atoms with van der Waals surface area (Å²) in [5.41, 5.74) is 0.890. The second-order valence-corrected chi connectivity index (χ2v) is 5.68. The van der Waals surface area contributed by atoms with E-state index in [2.05, 4.69) is 13.8 Å². The highest BCUT2D eigenvalue weighted by atomic mass is 32.2. The first-order chi connectivity index (χ1) is 8.08. The number of carbonyl (C=O) groups is 1. The summed E-state index contributed by atoms with van der Waals surface area (Å²) in [7, 11) is 0. The van der Waals surface area contributed by atoms with Crippen LogP contribution in [0.15, 0.2) is 24.3 Å². The first-order valence-electron chi connectivity index (χ1n) is 5.92. The largest absolute Gasteiger partial charge is 0.298 e. The molecule has 0 aromatic heterocycles. The van der Waals surface area contributed by atoms with Crippen LogP contribution in [-0.4, -0.2) is 17.3 Å². The molecular formula is C14H19FOS. The van der Waals surface area contributed by atoms with Gasteiger partial charge in [0.15, 0.2) is 0 Å². The minimum absolute atomic E-state index is 0.213. The zero-order chi connectivity index (χ0) is 12.7. The second-order valence-electron chi connectivity index (χ2n) is 4.58. The molecule has 0 amide bonds. The average molecular weight is 254 g/mol. The number of thioether (sulfide) groups is 1. The van der Waals surface area contributed by atoms with Crippen molar-refractivity contribution in [3.05, 3.63) is 35.6 Å². The van der Waals surface area contributed by atoms with Crippen LogP contribution < -0.4 is 0 Å². The summed E-state index contributed by atoms with van der Waals surface area (Å²) in [5, 5.41) is 0. The van der Waals surface area contributed by atoms with E-state index in [9.17, 15) is 9.18 Å². The molecule has 0 atom stereocenters. The lowest BCUT2D eigenvalue weighted by molar-refractivity contribution is -0.116. The van der Waals surface area contributed by atoms with Crippen molar-refractivity contribution in [1.29, 1.82) is 0 Å². The molecule has 0 aliphatic rings. The minimum Gasteiger partial charge on any atom is -0.298 e. The lowest BCUT2D eigenvalue weighted by Gasteiger charge is -2.04. The third-order valence-corrected chi connectivity index (χ3v) is 3.47. The number of hydrogen-bond acceptors (Lipinski definition) is 2. The van der Waals surface area contributed by atoms with E-state index >= 15 is 0 Å². The van der Waals surface area contributed by atoms with Crippen LogP contribution in [0.4, 0.5) is 4.39 Å². The van der Waals surface area contributed by atoms with E-state index in [-0.39, 0.29) is 11.6 Å². The van der Waals surface area contributed by atoms with E-state index in [1.54, 1.807) is 23.9 Å². The molecule has 94 valence electrons. The number of carbonyl (C=O) groups excluding carboxylic acids is 1. The lowest BCUT2D eigenvalue weighted by Crippen LogP contribution is -2.06. The molecule has 1 aromatic rings. The predicted octanol–water partition coefficient (Wildman–Crippen LogP) is 3.72. The number of benzene rings is 1. The Balaban J connectivity index is 2.23. The third-order valence-electron chi connectivity index (χ3n) is 2.42. The van der Waals surface area contributed by atoms with Crippen LogP contribution in [0, 0.1) is 11.7 Å². The molecule has 0 unspecified atom stereocenters. The molecule has 0 aliphatic carbocycles. The molecule has 0 saturated heterocycles. The van der Waals surface area contributed by atoms with E-state index < -0.39 is 0 Å².